The molecule has 1 aliphatic rings. The van der Waals surface area contributed by atoms with Crippen LogP contribution in [0.1, 0.15) is 16.1 Å². The van der Waals surface area contributed by atoms with Gasteiger partial charge in [0, 0.05) is 13.1 Å². The van der Waals surface area contributed by atoms with E-state index in [9.17, 15) is 13.2 Å². The van der Waals surface area contributed by atoms with Crippen LogP contribution in [0.2, 0.25) is 0 Å². The molecule has 2 heterocycles. The molecule has 21 heavy (non-hydrogen) atoms. The number of carbonyl (C=O) groups excluding carboxylic acids is 1. The summed E-state index contributed by atoms with van der Waals surface area (Å²) in [6.45, 7) is 1.77. The molecule has 1 saturated heterocycles. The molecule has 0 saturated carbocycles. The fraction of sp³-hybridized carbons (Fsp3) is 0.583. The fourth-order valence-electron chi connectivity index (χ4n) is 2.35. The molecule has 1 aliphatic heterocycles. The van der Waals surface area contributed by atoms with Crippen LogP contribution in [0.25, 0.3) is 0 Å². The minimum atomic E-state index is -3.62. The number of esters is 1. The lowest BCUT2D eigenvalue weighted by atomic mass is 10.1. The second kappa shape index (κ2) is 7.55. The molecule has 1 atom stereocenters. The van der Waals surface area contributed by atoms with Crippen molar-refractivity contribution in [2.45, 2.75) is 11.3 Å². The van der Waals surface area contributed by atoms with Crippen LogP contribution < -0.4 is 5.32 Å². The van der Waals surface area contributed by atoms with Crippen LogP contribution in [-0.2, 0) is 14.8 Å². The quantitative estimate of drug-likeness (QED) is 0.804. The van der Waals surface area contributed by atoms with Crippen molar-refractivity contribution < 1.29 is 17.9 Å². The minimum absolute atomic E-state index is 0. The molecule has 1 aromatic rings. The number of nitrogens with one attached hydrogen (secondary N) is 1. The predicted octanol–water partition coefficient (Wildman–Crippen LogP) is 1.19. The number of ether oxygens (including phenoxy) is 1. The van der Waals surface area contributed by atoms with Gasteiger partial charge in [0.25, 0.3) is 0 Å². The molecule has 120 valence electrons. The maximum Gasteiger partial charge on any atom is 0.349 e. The van der Waals surface area contributed by atoms with E-state index in [-0.39, 0.29) is 22.2 Å². The Kier molecular flexibility index (Phi) is 6.61. The molecule has 2 rings (SSSR count). The summed E-state index contributed by atoms with van der Waals surface area (Å²) in [5, 5.41) is 4.66. The van der Waals surface area contributed by atoms with Gasteiger partial charge in [-0.15, -0.1) is 23.7 Å². The van der Waals surface area contributed by atoms with Gasteiger partial charge in [0.05, 0.1) is 7.11 Å². The molecular weight excluding hydrogens is 336 g/mol. The first kappa shape index (κ1) is 18.4. The molecule has 0 spiro atoms. The van der Waals surface area contributed by atoms with Crippen LogP contribution in [0.5, 0.6) is 0 Å². The Morgan fingerprint density at radius 2 is 2.29 bits per heavy atom. The second-order valence-corrected chi connectivity index (χ2v) is 7.50. The lowest BCUT2D eigenvalue weighted by Gasteiger charge is -2.16. The van der Waals surface area contributed by atoms with Gasteiger partial charge in [-0.05, 0) is 37.4 Å². The largest absolute Gasteiger partial charge is 0.465 e. The average Bonchev–Trinajstić information content (AvgIpc) is 3.07. The molecule has 0 bridgehead atoms. The van der Waals surface area contributed by atoms with E-state index < -0.39 is 16.0 Å². The number of thiophene rings is 1. The van der Waals surface area contributed by atoms with Crippen molar-refractivity contribution in [1.29, 1.82) is 0 Å². The van der Waals surface area contributed by atoms with Gasteiger partial charge in [0.2, 0.25) is 10.0 Å². The molecule has 1 fully saturated rings. The van der Waals surface area contributed by atoms with Crippen molar-refractivity contribution in [2.75, 3.05) is 33.8 Å². The molecule has 1 N–H and O–H groups in total. The fourth-order valence-corrected chi connectivity index (χ4v) is 5.19. The third kappa shape index (κ3) is 3.75. The number of methoxy groups -OCH3 is 1. The van der Waals surface area contributed by atoms with Crippen LogP contribution in [0.3, 0.4) is 0 Å². The molecule has 0 amide bonds. The van der Waals surface area contributed by atoms with E-state index in [2.05, 4.69) is 10.1 Å². The summed E-state index contributed by atoms with van der Waals surface area (Å²) in [6, 6.07) is 1.47. The first-order valence-electron chi connectivity index (χ1n) is 6.31. The highest BCUT2D eigenvalue weighted by atomic mass is 35.5. The van der Waals surface area contributed by atoms with Crippen molar-refractivity contribution in [3.63, 3.8) is 0 Å². The van der Waals surface area contributed by atoms with Gasteiger partial charge in [-0.1, -0.05) is 0 Å². The van der Waals surface area contributed by atoms with Crippen molar-refractivity contribution in [3.05, 3.63) is 16.3 Å². The maximum absolute atomic E-state index is 12.6. The molecule has 0 aromatic carbocycles. The standard InChI is InChI=1S/C12H18N2O4S2.ClH/c1-13-7-9-3-5-14(8-9)20(16,17)10-4-6-19-11(10)12(15)18-2;/h4,6,9,13H,3,5,7-8H2,1-2H3;1H. The van der Waals surface area contributed by atoms with Crippen molar-refractivity contribution in [1.82, 2.24) is 9.62 Å². The Hall–Kier alpha value is -0.670. The number of sulfonamides is 1. The van der Waals surface area contributed by atoms with Gasteiger partial charge >= 0.3 is 5.97 Å². The zero-order chi connectivity index (χ0) is 14.8. The number of halogens is 1. The normalized spacial score (nSPS) is 19.2. The number of rotatable bonds is 5. The summed E-state index contributed by atoms with van der Waals surface area (Å²) in [4.78, 5) is 11.8. The Balaban J connectivity index is 0.00000220. The van der Waals surface area contributed by atoms with Crippen LogP contribution in [0.15, 0.2) is 16.3 Å². The number of hydrogen-bond acceptors (Lipinski definition) is 6. The van der Waals surface area contributed by atoms with E-state index in [1.54, 1.807) is 5.38 Å². The van der Waals surface area contributed by atoms with Crippen LogP contribution >= 0.6 is 23.7 Å². The predicted molar refractivity (Wildman–Crippen MR) is 83.7 cm³/mol. The average molecular weight is 355 g/mol. The third-order valence-corrected chi connectivity index (χ3v) is 6.29. The Labute approximate surface area is 134 Å². The first-order chi connectivity index (χ1) is 9.50. The van der Waals surface area contributed by atoms with E-state index in [1.807, 2.05) is 7.05 Å². The zero-order valence-corrected chi connectivity index (χ0v) is 14.3. The van der Waals surface area contributed by atoms with Gasteiger partial charge in [0.15, 0.2) is 0 Å². The summed E-state index contributed by atoms with van der Waals surface area (Å²) >= 11 is 1.09. The number of nitrogens with zero attached hydrogens (tertiary/aromatic N) is 1. The molecule has 0 radical (unpaired) electrons. The topological polar surface area (TPSA) is 75.7 Å². The Morgan fingerprint density at radius 3 is 2.90 bits per heavy atom. The lowest BCUT2D eigenvalue weighted by molar-refractivity contribution is 0.0602. The number of hydrogen-bond donors (Lipinski definition) is 1. The molecule has 0 aliphatic carbocycles. The third-order valence-electron chi connectivity index (χ3n) is 3.36. The molecule has 9 heteroatoms. The smallest absolute Gasteiger partial charge is 0.349 e. The van der Waals surface area contributed by atoms with E-state index >= 15 is 0 Å². The maximum atomic E-state index is 12.6. The summed E-state index contributed by atoms with van der Waals surface area (Å²) in [5.74, 6) is -0.292. The van der Waals surface area contributed by atoms with Gasteiger partial charge < -0.3 is 10.1 Å². The lowest BCUT2D eigenvalue weighted by Crippen LogP contribution is -2.31. The van der Waals surface area contributed by atoms with Gasteiger partial charge in [0.1, 0.15) is 9.77 Å². The first-order valence-corrected chi connectivity index (χ1v) is 8.63. The van der Waals surface area contributed by atoms with Crippen molar-refractivity contribution in [3.8, 4) is 0 Å². The molecule has 1 unspecified atom stereocenters. The summed E-state index contributed by atoms with van der Waals surface area (Å²) < 4.78 is 31.3. The van der Waals surface area contributed by atoms with E-state index in [1.165, 1.54) is 17.5 Å². The highest BCUT2D eigenvalue weighted by molar-refractivity contribution is 7.89. The van der Waals surface area contributed by atoms with Crippen molar-refractivity contribution >= 4 is 39.7 Å². The van der Waals surface area contributed by atoms with E-state index in [4.69, 9.17) is 0 Å². The summed E-state index contributed by atoms with van der Waals surface area (Å²) in [7, 11) is -0.517. The second-order valence-electron chi connectivity index (χ2n) is 4.68. The Bertz CT molecular complexity index is 588. The van der Waals surface area contributed by atoms with Crippen LogP contribution in [0, 0.1) is 5.92 Å². The molecule has 1 aromatic heterocycles. The van der Waals surface area contributed by atoms with Gasteiger partial charge in [-0.3, -0.25) is 0 Å². The van der Waals surface area contributed by atoms with Crippen LogP contribution in [-0.4, -0.2) is 52.5 Å². The van der Waals surface area contributed by atoms with Gasteiger partial charge in [-0.25, -0.2) is 13.2 Å². The van der Waals surface area contributed by atoms with E-state index in [0.29, 0.717) is 19.0 Å². The minimum Gasteiger partial charge on any atom is -0.465 e. The SMILES string of the molecule is CNCC1CCN(S(=O)(=O)c2ccsc2C(=O)OC)C1.Cl. The number of carbonyl (C=O) groups is 1. The molecule has 6 nitrogen and oxygen atoms in total. The highest BCUT2D eigenvalue weighted by Gasteiger charge is 2.35. The monoisotopic (exact) mass is 354 g/mol. The summed E-state index contributed by atoms with van der Waals surface area (Å²) in [6.07, 6.45) is 0.831. The summed E-state index contributed by atoms with van der Waals surface area (Å²) in [5.41, 5.74) is 0. The molecular formula is C12H19ClN2O4S2. The zero-order valence-electron chi connectivity index (χ0n) is 11.9. The van der Waals surface area contributed by atoms with E-state index in [0.717, 1.165) is 24.3 Å². The Morgan fingerprint density at radius 1 is 1.57 bits per heavy atom. The van der Waals surface area contributed by atoms with Crippen LogP contribution in [0.4, 0.5) is 0 Å². The van der Waals surface area contributed by atoms with Crippen molar-refractivity contribution in [2.24, 2.45) is 5.92 Å². The highest BCUT2D eigenvalue weighted by Crippen LogP contribution is 2.29. The van der Waals surface area contributed by atoms with Gasteiger partial charge in [-0.2, -0.15) is 4.31 Å².